The van der Waals surface area contributed by atoms with Crippen molar-refractivity contribution in [1.82, 2.24) is 15.0 Å². The molecule has 1 heterocycles. The van der Waals surface area contributed by atoms with Crippen molar-refractivity contribution < 1.29 is 58.7 Å². The van der Waals surface area contributed by atoms with E-state index in [1.807, 2.05) is 0 Å². The van der Waals surface area contributed by atoms with Gasteiger partial charge in [-0.3, -0.25) is 18.6 Å². The van der Waals surface area contributed by atoms with Crippen molar-refractivity contribution in [1.29, 1.82) is 0 Å². The Morgan fingerprint density at radius 2 is 1.00 bits per heavy atom. The molecule has 0 aliphatic heterocycles. The topological polar surface area (TPSA) is 370 Å². The smallest absolute Gasteiger partial charge is 0.351 e. The highest BCUT2D eigenvalue weighted by Gasteiger charge is 2.25. The van der Waals surface area contributed by atoms with Crippen LogP contribution in [0.5, 0.6) is 0 Å². The van der Waals surface area contributed by atoms with E-state index in [9.17, 15) is 63.5 Å². The molecule has 26 heteroatoms. The van der Waals surface area contributed by atoms with Gasteiger partial charge in [-0.1, -0.05) is 0 Å². The Morgan fingerprint density at radius 3 is 1.49 bits per heavy atom. The first kappa shape index (κ1) is 41.3. The van der Waals surface area contributed by atoms with Gasteiger partial charge in [0, 0.05) is 22.1 Å². The predicted molar refractivity (Wildman–Crippen MR) is 204 cm³/mol. The van der Waals surface area contributed by atoms with E-state index in [1.54, 1.807) is 12.1 Å². The first-order chi connectivity index (χ1) is 27.6. The Balaban J connectivity index is 1.17. The second kappa shape index (κ2) is 15.9. The number of hydrogen-bond acceptors (Lipinski definition) is 17. The van der Waals surface area contributed by atoms with E-state index in [2.05, 4.69) is 46.0 Å². The third-order valence-electron chi connectivity index (χ3n) is 7.68. The lowest BCUT2D eigenvalue weighted by atomic mass is 10.1. The largest absolute Gasteiger partial charge is 0.478 e. The van der Waals surface area contributed by atoms with Gasteiger partial charge in [-0.15, -0.1) is 0 Å². The summed E-state index contributed by atoms with van der Waals surface area (Å²) >= 11 is 0. The molecule has 6 aromatic rings. The molecule has 0 unspecified atom stereocenters. The zero-order chi connectivity index (χ0) is 42.9. The molecule has 0 atom stereocenters. The quantitative estimate of drug-likeness (QED) is 0.0504. The lowest BCUT2D eigenvalue weighted by Crippen LogP contribution is -2.16. The first-order valence-electron chi connectivity index (χ1n) is 15.8. The summed E-state index contributed by atoms with van der Waals surface area (Å²) in [5.74, 6) is -2.84. The van der Waals surface area contributed by atoms with Crippen LogP contribution >= 0.6 is 0 Å². The van der Waals surface area contributed by atoms with Crippen LogP contribution < -0.4 is 16.3 Å². The zero-order valence-corrected chi connectivity index (χ0v) is 31.4. The summed E-state index contributed by atoms with van der Waals surface area (Å²) < 4.78 is 101. The average molecular weight is 866 g/mol. The van der Waals surface area contributed by atoms with Crippen LogP contribution in [-0.2, 0) is 30.4 Å². The Kier molecular flexibility index (Phi) is 11.1. The second-order valence-corrected chi connectivity index (χ2v) is 16.0. The van der Waals surface area contributed by atoms with E-state index in [-0.39, 0.29) is 40.1 Å². The lowest BCUT2D eigenvalue weighted by molar-refractivity contribution is 0.0696. The molecule has 6 rings (SSSR count). The van der Waals surface area contributed by atoms with Gasteiger partial charge >= 0.3 is 17.6 Å². The molecule has 23 nitrogen and oxygen atoms in total. The Hall–Kier alpha value is -7.36. The van der Waals surface area contributed by atoms with Gasteiger partial charge in [-0.2, -0.15) is 55.7 Å². The highest BCUT2D eigenvalue weighted by atomic mass is 32.2. The summed E-state index contributed by atoms with van der Waals surface area (Å²) in [6.45, 7) is 0. The molecule has 0 radical (unpaired) electrons. The van der Waals surface area contributed by atoms with Crippen LogP contribution in [0.1, 0.15) is 20.7 Å². The molecule has 0 fully saturated rings. The van der Waals surface area contributed by atoms with E-state index in [0.717, 1.165) is 30.3 Å². The minimum Gasteiger partial charge on any atom is -0.478 e. The fraction of sp³-hybridized carbons (Fsp3) is 0. The second-order valence-electron chi connectivity index (χ2n) is 11.8. The van der Waals surface area contributed by atoms with Crippen LogP contribution in [0.15, 0.2) is 131 Å². The molecule has 0 spiro atoms. The summed E-state index contributed by atoms with van der Waals surface area (Å²) in [5, 5.41) is 38.7. The highest BCUT2D eigenvalue weighted by Crippen LogP contribution is 2.36. The molecule has 0 saturated heterocycles. The van der Waals surface area contributed by atoms with Crippen molar-refractivity contribution in [3.8, 4) is 0 Å². The molecule has 302 valence electrons. The molecule has 0 bridgehead atoms. The number of carboxylic acids is 2. The number of nitrogens with one attached hydrogen (secondary N) is 3. The molecule has 59 heavy (non-hydrogen) atoms. The standard InChI is InChI=1S/C33H23N9O14S3/c43-29(44)16-9-17(30(45)46)11-22(10-16)41-39-20-5-1-18(2-6-20)34-31-36-32(38-33(47)37-31)35-19-3-7-21(8-4-19)40-42-23-12-25-26(27(13-23)58(51,52)53)14-24(57(48,49)50)15-28(25)59(54,55)56/h1-15H,(H,43,44)(H,45,46)(H,48,49,50)(H,51,52,53)(H,54,55,56)(H3,34,35,36,37,38,47). The summed E-state index contributed by atoms with van der Waals surface area (Å²) in [6.07, 6.45) is 0. The monoisotopic (exact) mass is 865 g/mol. The van der Waals surface area contributed by atoms with Crippen LogP contribution in [0.25, 0.3) is 10.8 Å². The number of anilines is 4. The van der Waals surface area contributed by atoms with Crippen molar-refractivity contribution in [3.63, 3.8) is 0 Å². The maximum Gasteiger partial charge on any atom is 0.351 e. The zero-order valence-electron chi connectivity index (χ0n) is 29.0. The maximum atomic E-state index is 12.3. The normalized spacial score (nSPS) is 12.3. The molecule has 0 aliphatic rings. The van der Waals surface area contributed by atoms with Crippen molar-refractivity contribution in [2.24, 2.45) is 20.5 Å². The number of aromatic carboxylic acids is 2. The van der Waals surface area contributed by atoms with Crippen molar-refractivity contribution in [2.45, 2.75) is 14.7 Å². The number of aromatic nitrogens is 3. The molecule has 0 saturated carbocycles. The fourth-order valence-electron chi connectivity index (χ4n) is 5.12. The van der Waals surface area contributed by atoms with Gasteiger partial charge in [0.1, 0.15) is 9.79 Å². The molecule has 8 N–H and O–H groups in total. The van der Waals surface area contributed by atoms with Crippen molar-refractivity contribution in [2.75, 3.05) is 10.6 Å². The molecular weight excluding hydrogens is 843 g/mol. The Labute approximate surface area is 330 Å². The van der Waals surface area contributed by atoms with E-state index < -0.39 is 73.4 Å². The number of aromatic amines is 1. The lowest BCUT2D eigenvalue weighted by Gasteiger charge is -2.11. The summed E-state index contributed by atoms with van der Waals surface area (Å²) in [4.78, 5) is 42.2. The maximum absolute atomic E-state index is 12.3. The number of rotatable bonds is 13. The van der Waals surface area contributed by atoms with Gasteiger partial charge in [0.05, 0.1) is 38.8 Å². The Morgan fingerprint density at radius 1 is 0.542 bits per heavy atom. The van der Waals surface area contributed by atoms with E-state index in [0.29, 0.717) is 29.2 Å². The molecular formula is C33H23N9O14S3. The third-order valence-corrected chi connectivity index (χ3v) is 10.3. The number of hydrogen-bond donors (Lipinski definition) is 8. The number of nitrogens with zero attached hydrogens (tertiary/aromatic N) is 6. The number of carboxylic acid groups (broad SMARTS) is 2. The number of benzene rings is 5. The number of fused-ring (bicyclic) bond motifs is 1. The van der Waals surface area contributed by atoms with Crippen LogP contribution in [0.3, 0.4) is 0 Å². The van der Waals surface area contributed by atoms with Crippen LogP contribution in [0.2, 0.25) is 0 Å². The molecule has 0 aliphatic carbocycles. The first-order valence-corrected chi connectivity index (χ1v) is 20.2. The number of carbonyl (C=O) groups is 2. The summed E-state index contributed by atoms with van der Waals surface area (Å²) in [6, 6.07) is 17.9. The van der Waals surface area contributed by atoms with Gasteiger partial charge in [-0.05, 0) is 91.0 Å². The van der Waals surface area contributed by atoms with Gasteiger partial charge in [0.2, 0.25) is 11.9 Å². The van der Waals surface area contributed by atoms with Crippen LogP contribution in [-0.4, -0.2) is 76.0 Å². The average Bonchev–Trinajstić information content (AvgIpc) is 3.15. The SMILES string of the molecule is O=C(O)c1cc(N=Nc2ccc(Nc3nc(Nc4ccc(N=Nc5cc(S(=O)(=O)O)c6cc(S(=O)(=O)O)cc(S(=O)(=O)O)c6c5)cc4)[nH]c(=O)n3)cc2)cc(C(=O)O)c1. The van der Waals surface area contributed by atoms with Gasteiger partial charge in [-0.25, -0.2) is 14.4 Å². The van der Waals surface area contributed by atoms with Crippen molar-refractivity contribution >= 4 is 99.1 Å². The number of H-pyrrole nitrogens is 1. The fourth-order valence-corrected chi connectivity index (χ4v) is 7.17. The third kappa shape index (κ3) is 10.2. The molecule has 1 aromatic heterocycles. The molecule has 5 aromatic carbocycles. The van der Waals surface area contributed by atoms with Crippen LogP contribution in [0.4, 0.5) is 46.0 Å². The summed E-state index contributed by atoms with van der Waals surface area (Å²) in [5.41, 5.74) is -0.438. The minimum atomic E-state index is -5.23. The van der Waals surface area contributed by atoms with Crippen LogP contribution in [0, 0.1) is 0 Å². The molecule has 0 amide bonds. The minimum absolute atomic E-state index is 0.000429. The van der Waals surface area contributed by atoms with E-state index in [1.165, 1.54) is 36.4 Å². The van der Waals surface area contributed by atoms with E-state index >= 15 is 0 Å². The summed E-state index contributed by atoms with van der Waals surface area (Å²) in [7, 11) is -15.5. The van der Waals surface area contributed by atoms with E-state index in [4.69, 9.17) is 0 Å². The van der Waals surface area contributed by atoms with Gasteiger partial charge in [0.25, 0.3) is 30.4 Å². The predicted octanol–water partition coefficient (Wildman–Crippen LogP) is 5.77. The van der Waals surface area contributed by atoms with Gasteiger partial charge < -0.3 is 20.8 Å². The van der Waals surface area contributed by atoms with Gasteiger partial charge in [0.15, 0.2) is 0 Å². The number of azo groups is 2. The Bertz CT molecular complexity index is 3130. The highest BCUT2D eigenvalue weighted by molar-refractivity contribution is 7.87. The van der Waals surface area contributed by atoms with Crippen molar-refractivity contribution in [3.05, 3.63) is 113 Å².